The predicted octanol–water partition coefficient (Wildman–Crippen LogP) is 5.44. The molecule has 0 aliphatic carbocycles. The summed E-state index contributed by atoms with van der Waals surface area (Å²) < 4.78 is 12.8. The predicted molar refractivity (Wildman–Crippen MR) is 159 cm³/mol. The molecule has 0 aliphatic heterocycles. The van der Waals surface area contributed by atoms with Crippen LogP contribution in [0.3, 0.4) is 0 Å². The van der Waals surface area contributed by atoms with E-state index in [1.54, 1.807) is 39.3 Å². The number of benzene rings is 1. The smallest absolute Gasteiger partial charge is 0.213 e. The normalized spacial score (nSPS) is 12.7. The van der Waals surface area contributed by atoms with Gasteiger partial charge in [0.15, 0.2) is 11.6 Å². The summed E-state index contributed by atoms with van der Waals surface area (Å²) in [4.78, 5) is 21.0. The number of hydrogen-bond acceptors (Lipinski definition) is 13. The summed E-state index contributed by atoms with van der Waals surface area (Å²) in [5.41, 5.74) is 2.65. The summed E-state index contributed by atoms with van der Waals surface area (Å²) in [6.45, 7) is 7.93. The fourth-order valence-electron chi connectivity index (χ4n) is 4.15. The molecule has 2 atom stereocenters. The van der Waals surface area contributed by atoms with E-state index in [1.165, 1.54) is 29.1 Å². The number of carbonyl (C=O) groups is 1. The second kappa shape index (κ2) is 13.3. The van der Waals surface area contributed by atoms with Crippen molar-refractivity contribution in [3.8, 4) is 17.3 Å². The Hall–Kier alpha value is -4.76. The van der Waals surface area contributed by atoms with E-state index in [9.17, 15) is 15.3 Å². The minimum Gasteiger partial charge on any atom is -0.383 e. The molecule has 3 heterocycles. The quantitative estimate of drug-likeness (QED) is 0.160. The van der Waals surface area contributed by atoms with E-state index < -0.39 is 0 Å². The topological polar surface area (TPSA) is 175 Å². The third kappa shape index (κ3) is 6.58. The second-order valence-electron chi connectivity index (χ2n) is 9.63. The number of carbonyl (C=O) groups excluding carboxylic acids is 1. The average Bonchev–Trinajstić information content (AvgIpc) is 3.56. The van der Waals surface area contributed by atoms with Crippen LogP contribution in [-0.2, 0) is 9.47 Å². The Labute approximate surface area is 246 Å². The Balaban J connectivity index is 1.75. The van der Waals surface area contributed by atoms with Crippen LogP contribution >= 0.6 is 11.3 Å². The van der Waals surface area contributed by atoms with E-state index in [0.29, 0.717) is 57.9 Å². The number of pyridine rings is 1. The first-order chi connectivity index (χ1) is 20.2. The summed E-state index contributed by atoms with van der Waals surface area (Å²) in [5.74, 6) is 0.808. The summed E-state index contributed by atoms with van der Waals surface area (Å²) >= 11 is 1.33. The molecule has 42 heavy (non-hydrogen) atoms. The molecule has 4 aromatic rings. The van der Waals surface area contributed by atoms with E-state index in [-0.39, 0.29) is 29.2 Å². The van der Waals surface area contributed by atoms with Gasteiger partial charge in [-0.3, -0.25) is 4.79 Å². The first-order valence-electron chi connectivity index (χ1n) is 13.0. The van der Waals surface area contributed by atoms with Crippen molar-refractivity contribution < 1.29 is 14.3 Å². The largest absolute Gasteiger partial charge is 0.383 e. The van der Waals surface area contributed by atoms with Gasteiger partial charge in [-0.2, -0.15) is 10.5 Å². The molecule has 0 saturated heterocycles. The van der Waals surface area contributed by atoms with Crippen LogP contribution in [0.4, 0.5) is 23.1 Å². The number of nitriles is 2. The molecule has 0 saturated carbocycles. The number of fused-ring (bicyclic) bond motifs is 1. The van der Waals surface area contributed by atoms with Crippen LogP contribution in [0.25, 0.3) is 15.3 Å². The van der Waals surface area contributed by atoms with Gasteiger partial charge in [0.25, 0.3) is 0 Å². The van der Waals surface area contributed by atoms with Gasteiger partial charge in [0, 0.05) is 37.4 Å². The molecule has 0 radical (unpaired) electrons. The molecular formula is C28H30N10O3S. The third-order valence-corrected chi connectivity index (χ3v) is 7.17. The zero-order valence-corrected chi connectivity index (χ0v) is 24.9. The Bertz CT molecular complexity index is 1730. The van der Waals surface area contributed by atoms with Crippen molar-refractivity contribution in [2.45, 2.75) is 39.8 Å². The van der Waals surface area contributed by atoms with Crippen LogP contribution in [0.2, 0.25) is 0 Å². The highest BCUT2D eigenvalue weighted by atomic mass is 32.1. The molecule has 13 nitrogen and oxygen atoms in total. The summed E-state index contributed by atoms with van der Waals surface area (Å²) in [6, 6.07) is 9.34. The van der Waals surface area contributed by atoms with E-state index in [1.807, 2.05) is 13.8 Å². The van der Waals surface area contributed by atoms with Gasteiger partial charge < -0.3 is 20.1 Å². The standard InChI is InChI=1S/C28H30N10O3S/c1-15(13-40-5)31-26-21(11-30)17(3)24(27(34-26)32-16(2)14-41-6)35-36-25-20(10-29)12-38(37-25)28-33-22-8-7-19(18(4)39)9-23(22)42-28/h7-9,12,15-16H,13-14H2,1-6H3,(H2,31,32,34). The number of aromatic nitrogens is 4. The first kappa shape index (κ1) is 30.2. The van der Waals surface area contributed by atoms with Crippen LogP contribution in [0.1, 0.15) is 47.8 Å². The Morgan fingerprint density at radius 3 is 2.38 bits per heavy atom. The van der Waals surface area contributed by atoms with Gasteiger partial charge in [-0.1, -0.05) is 11.3 Å². The fourth-order valence-corrected chi connectivity index (χ4v) is 5.08. The van der Waals surface area contributed by atoms with Crippen LogP contribution in [0, 0.1) is 29.6 Å². The Morgan fingerprint density at radius 2 is 1.76 bits per heavy atom. The molecular weight excluding hydrogens is 556 g/mol. The zero-order valence-electron chi connectivity index (χ0n) is 24.1. The maximum atomic E-state index is 11.8. The lowest BCUT2D eigenvalue weighted by atomic mass is 10.1. The van der Waals surface area contributed by atoms with Crippen LogP contribution < -0.4 is 10.6 Å². The summed E-state index contributed by atoms with van der Waals surface area (Å²) in [7, 11) is 3.20. The number of hydrogen-bond donors (Lipinski definition) is 2. The van der Waals surface area contributed by atoms with Crippen molar-refractivity contribution >= 4 is 50.5 Å². The van der Waals surface area contributed by atoms with Gasteiger partial charge in [0.05, 0.1) is 35.2 Å². The summed E-state index contributed by atoms with van der Waals surface area (Å²) in [5, 5.41) is 39.9. The molecule has 14 heteroatoms. The molecule has 0 bridgehead atoms. The minimum absolute atomic E-state index is 0.0384. The number of methoxy groups -OCH3 is 2. The Kier molecular flexibility index (Phi) is 9.54. The fraction of sp³-hybridized carbons (Fsp3) is 0.357. The van der Waals surface area contributed by atoms with Crippen LogP contribution in [-0.4, -0.2) is 65.0 Å². The van der Waals surface area contributed by atoms with E-state index in [4.69, 9.17) is 9.47 Å². The van der Waals surface area contributed by atoms with E-state index >= 15 is 0 Å². The second-order valence-corrected chi connectivity index (χ2v) is 10.6. The van der Waals surface area contributed by atoms with Gasteiger partial charge in [0.1, 0.15) is 29.2 Å². The maximum Gasteiger partial charge on any atom is 0.213 e. The first-order valence-corrected chi connectivity index (χ1v) is 13.8. The van der Waals surface area contributed by atoms with E-state index in [2.05, 4.69) is 48.1 Å². The maximum absolute atomic E-state index is 11.8. The monoisotopic (exact) mass is 586 g/mol. The lowest BCUT2D eigenvalue weighted by Crippen LogP contribution is -2.24. The van der Waals surface area contributed by atoms with Crippen molar-refractivity contribution in [3.05, 3.63) is 46.6 Å². The number of ether oxygens (including phenoxy) is 2. The van der Waals surface area contributed by atoms with Gasteiger partial charge in [-0.05, 0) is 45.9 Å². The number of anilines is 2. The van der Waals surface area contributed by atoms with Gasteiger partial charge in [-0.15, -0.1) is 15.3 Å². The number of ketones is 1. The molecule has 0 spiro atoms. The van der Waals surface area contributed by atoms with Crippen molar-refractivity contribution in [2.24, 2.45) is 10.2 Å². The highest BCUT2D eigenvalue weighted by Gasteiger charge is 2.21. The molecule has 0 aliphatic rings. The number of Topliss-reactive ketones (excluding diaryl/α,β-unsaturated/α-hetero) is 1. The third-order valence-electron chi connectivity index (χ3n) is 6.17. The SMILES string of the molecule is COCC(C)Nc1nc(NC(C)COC)c(N=Nc2nn(-c3nc4ccc(C(C)=O)cc4s3)cc2C#N)c(C)c1C#N. The highest BCUT2D eigenvalue weighted by molar-refractivity contribution is 7.20. The van der Waals surface area contributed by atoms with Crippen molar-refractivity contribution in [1.29, 1.82) is 10.5 Å². The molecule has 0 fully saturated rings. The molecule has 2 unspecified atom stereocenters. The highest BCUT2D eigenvalue weighted by Crippen LogP contribution is 2.36. The lowest BCUT2D eigenvalue weighted by molar-refractivity contribution is 0.101. The lowest BCUT2D eigenvalue weighted by Gasteiger charge is -2.20. The molecule has 2 N–H and O–H groups in total. The van der Waals surface area contributed by atoms with Crippen LogP contribution in [0.15, 0.2) is 34.6 Å². The van der Waals surface area contributed by atoms with Crippen molar-refractivity contribution in [2.75, 3.05) is 38.1 Å². The van der Waals surface area contributed by atoms with Gasteiger partial charge in [-0.25, -0.2) is 14.6 Å². The number of nitrogens with zero attached hydrogens (tertiary/aromatic N) is 8. The molecule has 1 aromatic carbocycles. The minimum atomic E-state index is -0.135. The molecule has 0 amide bonds. The zero-order chi connectivity index (χ0) is 30.4. The number of rotatable bonds is 12. The van der Waals surface area contributed by atoms with Crippen molar-refractivity contribution in [1.82, 2.24) is 19.7 Å². The number of thiazole rings is 1. The Morgan fingerprint density at radius 1 is 1.07 bits per heavy atom. The number of azo groups is 1. The molecule has 3 aromatic heterocycles. The van der Waals surface area contributed by atoms with Gasteiger partial charge >= 0.3 is 0 Å². The summed E-state index contributed by atoms with van der Waals surface area (Å²) in [6.07, 6.45) is 1.52. The number of nitrogens with one attached hydrogen (secondary N) is 2. The van der Waals surface area contributed by atoms with Crippen LogP contribution in [0.5, 0.6) is 0 Å². The van der Waals surface area contributed by atoms with Crippen molar-refractivity contribution in [3.63, 3.8) is 0 Å². The molecule has 4 rings (SSSR count). The average molecular weight is 587 g/mol. The van der Waals surface area contributed by atoms with E-state index in [0.717, 1.165) is 4.70 Å². The molecule has 216 valence electrons. The van der Waals surface area contributed by atoms with Gasteiger partial charge in [0.2, 0.25) is 10.9 Å².